The Morgan fingerprint density at radius 2 is 1.68 bits per heavy atom. The monoisotopic (exact) mass is 546 g/mol. The molecule has 1 unspecified atom stereocenters. The van der Waals surface area contributed by atoms with Crippen molar-refractivity contribution in [1.29, 1.82) is 0 Å². The summed E-state index contributed by atoms with van der Waals surface area (Å²) in [6.07, 6.45) is 2.28. The number of benzene rings is 2. The van der Waals surface area contributed by atoms with Crippen molar-refractivity contribution < 1.29 is 32.8 Å². The molecule has 0 saturated heterocycles. The Labute approximate surface area is 213 Å². The Morgan fingerprint density at radius 1 is 1.12 bits per heavy atom. The fourth-order valence-corrected chi connectivity index (χ4v) is 6.44. The van der Waals surface area contributed by atoms with Crippen molar-refractivity contribution in [1.82, 2.24) is 0 Å². The van der Waals surface area contributed by atoms with Gasteiger partial charge in [-0.2, -0.15) is 0 Å². The molecule has 2 aromatic carbocycles. The first-order valence-electron chi connectivity index (χ1n) is 10.5. The number of rotatable bonds is 13. The summed E-state index contributed by atoms with van der Waals surface area (Å²) in [5.74, 6) is -0.610. The highest BCUT2D eigenvalue weighted by atomic mass is 35.5. The van der Waals surface area contributed by atoms with Crippen molar-refractivity contribution >= 4 is 53.8 Å². The third kappa shape index (κ3) is 8.67. The third-order valence-corrected chi connectivity index (χ3v) is 7.99. The average Bonchev–Trinajstić information content (AvgIpc) is 2.75. The number of halogens is 2. The SMILES string of the molecule is C=CCSC(=O)[N+](CCCC)(CC(=O)O)CP(=O)(Oc1cccc(Cl)c1)Oc1cccc(Cl)c1. The van der Waals surface area contributed by atoms with Crippen molar-refractivity contribution in [2.75, 3.05) is 25.1 Å². The Bertz CT molecular complexity index is 1020. The van der Waals surface area contributed by atoms with Gasteiger partial charge in [-0.3, -0.25) is 0 Å². The van der Waals surface area contributed by atoms with Crippen LogP contribution in [-0.2, 0) is 9.36 Å². The lowest BCUT2D eigenvalue weighted by atomic mass is 10.3. The maximum absolute atomic E-state index is 14.2. The van der Waals surface area contributed by atoms with Crippen LogP contribution in [0.2, 0.25) is 10.0 Å². The van der Waals surface area contributed by atoms with Gasteiger partial charge in [0.25, 0.3) is 0 Å². The van der Waals surface area contributed by atoms with E-state index in [1.54, 1.807) is 42.5 Å². The van der Waals surface area contributed by atoms with E-state index in [-0.39, 0.29) is 23.8 Å². The van der Waals surface area contributed by atoms with Crippen LogP contribution in [-0.4, -0.2) is 45.9 Å². The molecule has 7 nitrogen and oxygen atoms in total. The van der Waals surface area contributed by atoms with Crippen molar-refractivity contribution in [3.63, 3.8) is 0 Å². The van der Waals surface area contributed by atoms with Crippen LogP contribution >= 0.6 is 42.6 Å². The minimum absolute atomic E-state index is 0.146. The van der Waals surface area contributed by atoms with Gasteiger partial charge in [-0.1, -0.05) is 54.8 Å². The summed E-state index contributed by atoms with van der Waals surface area (Å²) in [4.78, 5) is 25.2. The van der Waals surface area contributed by atoms with Crippen molar-refractivity contribution in [3.8, 4) is 11.5 Å². The summed E-state index contributed by atoms with van der Waals surface area (Å²) < 4.78 is 25.2. The molecular formula is C23H27Cl2NO6PS+. The zero-order chi connectivity index (χ0) is 25.2. The molecule has 1 amide bonds. The number of hydrogen-bond acceptors (Lipinski definition) is 6. The number of carboxylic acid groups (broad SMARTS) is 1. The van der Waals surface area contributed by atoms with E-state index in [2.05, 4.69) is 6.58 Å². The van der Waals surface area contributed by atoms with Crippen LogP contribution in [0.25, 0.3) is 0 Å². The highest BCUT2D eigenvalue weighted by Gasteiger charge is 2.48. The first-order chi connectivity index (χ1) is 16.1. The fourth-order valence-electron chi connectivity index (χ4n) is 3.18. The second-order valence-electron chi connectivity index (χ2n) is 7.49. The van der Waals surface area contributed by atoms with Gasteiger partial charge in [0.05, 0.1) is 6.54 Å². The van der Waals surface area contributed by atoms with Crippen LogP contribution in [0, 0.1) is 0 Å². The number of thioether (sulfide) groups is 1. The van der Waals surface area contributed by atoms with E-state index in [9.17, 15) is 19.3 Å². The van der Waals surface area contributed by atoms with Gasteiger partial charge in [-0.25, -0.2) is 18.6 Å². The molecule has 0 fully saturated rings. The Balaban J connectivity index is 2.55. The van der Waals surface area contributed by atoms with Crippen LogP contribution < -0.4 is 9.05 Å². The lowest BCUT2D eigenvalue weighted by Crippen LogP contribution is -2.55. The molecule has 0 saturated carbocycles. The second kappa shape index (κ2) is 13.2. The topological polar surface area (TPSA) is 89.9 Å². The number of quaternary nitrogens is 1. The number of unbranched alkanes of at least 4 members (excludes halogenated alkanes) is 1. The molecule has 11 heteroatoms. The Hall–Kier alpha value is -1.96. The molecule has 1 atom stereocenters. The quantitative estimate of drug-likeness (QED) is 0.159. The summed E-state index contributed by atoms with van der Waals surface area (Å²) >= 11 is 13.0. The lowest BCUT2D eigenvalue weighted by molar-refractivity contribution is -0.825. The maximum Gasteiger partial charge on any atom is 0.485 e. The Kier molecular flexibility index (Phi) is 11.0. The molecule has 0 spiro atoms. The van der Waals surface area contributed by atoms with Gasteiger partial charge in [-0.15, -0.1) is 6.58 Å². The standard InChI is InChI=1S/C23H26Cl2NO6PS/c1-3-5-12-26(16-22(27)28,23(29)34-13-4-2)17-33(30,31-20-10-6-8-18(24)14-20)32-21-11-7-9-19(25)15-21/h4,6-11,14-15H,2-3,5,12-13,16-17H2,1H3/p+1. The molecule has 0 aliphatic heterocycles. The van der Waals surface area contributed by atoms with Gasteiger partial charge in [0.15, 0.2) is 6.54 Å². The van der Waals surface area contributed by atoms with Crippen LogP contribution in [0.4, 0.5) is 4.79 Å². The summed E-state index contributed by atoms with van der Waals surface area (Å²) in [7, 11) is -4.18. The van der Waals surface area contributed by atoms with Crippen LogP contribution in [0.3, 0.4) is 0 Å². The average molecular weight is 547 g/mol. The van der Waals surface area contributed by atoms with Crippen molar-refractivity contribution in [2.45, 2.75) is 19.8 Å². The van der Waals surface area contributed by atoms with E-state index in [4.69, 9.17) is 32.2 Å². The van der Waals surface area contributed by atoms with Gasteiger partial charge < -0.3 is 14.2 Å². The van der Waals surface area contributed by atoms with Gasteiger partial charge in [-0.05, 0) is 54.6 Å². The first-order valence-corrected chi connectivity index (χ1v) is 13.9. The fraction of sp³-hybridized carbons (Fsp3) is 0.304. The molecular weight excluding hydrogens is 520 g/mol. The molecule has 0 aliphatic rings. The summed E-state index contributed by atoms with van der Waals surface area (Å²) in [6.45, 7) is 5.10. The van der Waals surface area contributed by atoms with E-state index >= 15 is 0 Å². The zero-order valence-electron chi connectivity index (χ0n) is 18.7. The maximum atomic E-state index is 14.2. The van der Waals surface area contributed by atoms with E-state index in [0.29, 0.717) is 22.9 Å². The molecule has 0 aromatic heterocycles. The van der Waals surface area contributed by atoms with Gasteiger partial charge >= 0.3 is 18.8 Å². The number of aliphatic carboxylic acids is 1. The number of carboxylic acids is 1. The molecule has 2 aromatic rings. The molecule has 34 heavy (non-hydrogen) atoms. The minimum Gasteiger partial charge on any atom is -0.477 e. The Morgan fingerprint density at radius 3 is 2.12 bits per heavy atom. The number of amides is 1. The number of carbonyl (C=O) groups is 2. The molecule has 0 heterocycles. The van der Waals surface area contributed by atoms with Crippen LogP contribution in [0.5, 0.6) is 11.5 Å². The zero-order valence-corrected chi connectivity index (χ0v) is 21.9. The highest BCUT2D eigenvalue weighted by molar-refractivity contribution is 8.13. The van der Waals surface area contributed by atoms with E-state index in [1.165, 1.54) is 12.1 Å². The lowest BCUT2D eigenvalue weighted by Gasteiger charge is -2.35. The summed E-state index contributed by atoms with van der Waals surface area (Å²) in [5.41, 5.74) is 0. The van der Waals surface area contributed by atoms with Crippen molar-refractivity contribution in [3.05, 3.63) is 71.2 Å². The number of nitrogens with zero attached hydrogens (tertiary/aromatic N) is 1. The van der Waals surface area contributed by atoms with Crippen molar-refractivity contribution in [2.24, 2.45) is 0 Å². The van der Waals surface area contributed by atoms with E-state index in [0.717, 1.165) is 11.8 Å². The number of carbonyl (C=O) groups excluding carboxylic acids is 1. The van der Waals surface area contributed by atoms with Gasteiger partial charge in [0.2, 0.25) is 6.29 Å². The predicted octanol–water partition coefficient (Wildman–Crippen LogP) is 7.34. The molecule has 0 aliphatic carbocycles. The highest BCUT2D eigenvalue weighted by Crippen LogP contribution is 2.51. The van der Waals surface area contributed by atoms with Crippen LogP contribution in [0.1, 0.15) is 19.8 Å². The predicted molar refractivity (Wildman–Crippen MR) is 137 cm³/mol. The molecule has 2 rings (SSSR count). The summed E-state index contributed by atoms with van der Waals surface area (Å²) in [6, 6.07) is 12.5. The van der Waals surface area contributed by atoms with E-state index < -0.39 is 36.1 Å². The van der Waals surface area contributed by atoms with Crippen LogP contribution in [0.15, 0.2) is 61.2 Å². The molecule has 184 valence electrons. The number of hydrogen-bond donors (Lipinski definition) is 1. The third-order valence-electron chi connectivity index (χ3n) is 4.61. The second-order valence-corrected chi connectivity index (χ2v) is 11.2. The van der Waals surface area contributed by atoms with E-state index in [1.807, 2.05) is 6.92 Å². The van der Waals surface area contributed by atoms with Gasteiger partial charge in [0.1, 0.15) is 11.5 Å². The minimum atomic E-state index is -4.18. The van der Waals surface area contributed by atoms with Gasteiger partial charge in [0, 0.05) is 15.8 Å². The summed E-state index contributed by atoms with van der Waals surface area (Å²) in [5, 5.41) is 9.91. The normalized spacial score (nSPS) is 13.0. The smallest absolute Gasteiger partial charge is 0.477 e. The molecule has 0 radical (unpaired) electrons. The largest absolute Gasteiger partial charge is 0.485 e. The first kappa shape index (κ1) is 28.3. The molecule has 0 bridgehead atoms. The molecule has 1 N–H and O–H groups in total.